The topological polar surface area (TPSA) is 94.2 Å². The zero-order chi connectivity index (χ0) is 32.2. The molecule has 45 heavy (non-hydrogen) atoms. The monoisotopic (exact) mass is 658 g/mol. The molecule has 0 radical (unpaired) electrons. The molecule has 0 spiro atoms. The van der Waals surface area contributed by atoms with Gasteiger partial charge < -0.3 is 19.1 Å². The van der Waals surface area contributed by atoms with Crippen LogP contribution in [0.5, 0.6) is 5.75 Å². The Morgan fingerprint density at radius 1 is 1.16 bits per heavy atom. The number of benzene rings is 2. The molecule has 2 aromatic carbocycles. The molecule has 0 aromatic heterocycles. The molecule has 246 valence electrons. The van der Waals surface area contributed by atoms with Gasteiger partial charge in [0.05, 0.1) is 37.4 Å². The highest BCUT2D eigenvalue weighted by molar-refractivity contribution is 7.90. The minimum Gasteiger partial charge on any atom is -0.490 e. The zero-order valence-corrected chi connectivity index (χ0v) is 28.5. The van der Waals surface area contributed by atoms with Crippen LogP contribution < -0.4 is 14.4 Å². The Bertz CT molecular complexity index is 1500. The number of allylic oxidation sites excluding steroid dienone is 1. The first kappa shape index (κ1) is 33.8. The summed E-state index contributed by atoms with van der Waals surface area (Å²) in [6.45, 7) is 9.15. The van der Waals surface area contributed by atoms with Gasteiger partial charge in [-0.25, -0.2) is 13.1 Å². The Labute approximate surface area is 273 Å². The van der Waals surface area contributed by atoms with E-state index in [4.69, 9.17) is 25.8 Å². The summed E-state index contributed by atoms with van der Waals surface area (Å²) in [4.78, 5) is 15.6. The van der Waals surface area contributed by atoms with E-state index in [0.717, 1.165) is 42.9 Å². The quantitative estimate of drug-likeness (QED) is 0.281. The van der Waals surface area contributed by atoms with Gasteiger partial charge in [0.1, 0.15) is 5.75 Å². The summed E-state index contributed by atoms with van der Waals surface area (Å²) >= 11 is 6.45. The molecule has 1 amide bonds. The van der Waals surface area contributed by atoms with Crippen molar-refractivity contribution in [2.24, 2.45) is 17.8 Å². The van der Waals surface area contributed by atoms with Crippen molar-refractivity contribution in [1.29, 1.82) is 0 Å². The highest BCUT2D eigenvalue weighted by Gasteiger charge is 2.41. The maximum Gasteiger partial charge on any atom is 0.264 e. The molecule has 1 aliphatic carbocycles. The maximum atomic E-state index is 13.3. The summed E-state index contributed by atoms with van der Waals surface area (Å²) in [7, 11) is -2.17. The SMILES string of the molecule is CCCc1cc(Cl)ccc1[C@]1(C)COc2ccc3cc2N(C[C@@H]2CC[C@H]2[C@@H](OCCOC)/C=C/C[C@H](C)CS(=O)(=O)NC3=O)C1. The number of amides is 1. The van der Waals surface area contributed by atoms with Crippen LogP contribution in [0.3, 0.4) is 0 Å². The summed E-state index contributed by atoms with van der Waals surface area (Å²) in [6.07, 6.45) is 8.64. The van der Waals surface area contributed by atoms with Crippen molar-refractivity contribution in [1.82, 2.24) is 4.72 Å². The summed E-state index contributed by atoms with van der Waals surface area (Å²) < 4.78 is 46.4. The summed E-state index contributed by atoms with van der Waals surface area (Å²) in [5, 5.41) is 0.721. The first-order chi connectivity index (χ1) is 21.5. The van der Waals surface area contributed by atoms with E-state index in [-0.39, 0.29) is 23.2 Å². The van der Waals surface area contributed by atoms with E-state index in [1.807, 2.05) is 19.1 Å². The Kier molecular flexibility index (Phi) is 10.8. The van der Waals surface area contributed by atoms with Crippen molar-refractivity contribution in [2.75, 3.05) is 50.7 Å². The van der Waals surface area contributed by atoms with Crippen molar-refractivity contribution in [3.8, 4) is 5.75 Å². The number of carbonyl (C=O) groups excluding carboxylic acids is 1. The third kappa shape index (κ3) is 8.05. The molecule has 2 heterocycles. The fourth-order valence-electron chi connectivity index (χ4n) is 7.03. The Balaban J connectivity index is 1.56. The van der Waals surface area contributed by atoms with Crippen LogP contribution in [0.1, 0.15) is 67.9 Å². The number of anilines is 1. The van der Waals surface area contributed by atoms with Crippen molar-refractivity contribution in [3.63, 3.8) is 0 Å². The predicted molar refractivity (Wildman–Crippen MR) is 179 cm³/mol. The number of aryl methyl sites for hydroxylation is 1. The van der Waals surface area contributed by atoms with Crippen LogP contribution in [-0.2, 0) is 31.3 Å². The standard InChI is InChI=1S/C35H47ClN2O6S/c1-5-7-25-18-28(36)12-14-30(25)35(3)22-38-20-27-10-13-29(27)32(43-17-16-42-4)9-6-8-24(2)21-45(40,41)37-34(39)26-11-15-33(44-23-35)31(38)19-26/h6,9,11-12,14-15,18-19,24,27,29,32H,5,7-8,10,13,16-17,20-23H2,1-4H3,(H,37,39)/b9-6+/t24-,27-,29+,32-,35-/m0/s1. The largest absolute Gasteiger partial charge is 0.490 e. The highest BCUT2D eigenvalue weighted by atomic mass is 35.5. The number of methoxy groups -OCH3 is 1. The molecule has 5 rings (SSSR count). The molecule has 0 saturated heterocycles. The van der Waals surface area contributed by atoms with Gasteiger partial charge in [-0.1, -0.05) is 57.0 Å². The van der Waals surface area contributed by atoms with Crippen LogP contribution >= 0.6 is 11.6 Å². The first-order valence-electron chi connectivity index (χ1n) is 16.1. The first-order valence-corrected chi connectivity index (χ1v) is 18.2. The maximum absolute atomic E-state index is 13.3. The van der Waals surface area contributed by atoms with E-state index in [0.29, 0.717) is 55.9 Å². The van der Waals surface area contributed by atoms with E-state index in [9.17, 15) is 13.2 Å². The van der Waals surface area contributed by atoms with Gasteiger partial charge in [-0.3, -0.25) is 4.79 Å². The second-order valence-corrected chi connectivity index (χ2v) is 15.5. The van der Waals surface area contributed by atoms with Crippen LogP contribution in [0, 0.1) is 17.8 Å². The Hall–Kier alpha value is -2.59. The van der Waals surface area contributed by atoms with Crippen LogP contribution in [0.25, 0.3) is 0 Å². The van der Waals surface area contributed by atoms with E-state index >= 15 is 0 Å². The molecular formula is C35H47ClN2O6S. The molecule has 8 nitrogen and oxygen atoms in total. The number of carbonyl (C=O) groups is 1. The average molecular weight is 659 g/mol. The number of ether oxygens (including phenoxy) is 3. The molecule has 1 saturated carbocycles. The molecule has 1 fully saturated rings. The third-order valence-corrected chi connectivity index (χ3v) is 11.2. The molecule has 2 aliphatic heterocycles. The molecule has 5 atom stereocenters. The number of nitrogens with one attached hydrogen (secondary N) is 1. The van der Waals surface area contributed by atoms with Gasteiger partial charge in [0.2, 0.25) is 10.0 Å². The number of sulfonamides is 1. The molecule has 2 bridgehead atoms. The van der Waals surface area contributed by atoms with Crippen LogP contribution in [0.2, 0.25) is 5.02 Å². The molecule has 1 N–H and O–H groups in total. The number of fused-ring (bicyclic) bond motifs is 2. The van der Waals surface area contributed by atoms with Gasteiger partial charge in [0.15, 0.2) is 0 Å². The number of rotatable bonds is 7. The Morgan fingerprint density at radius 3 is 2.71 bits per heavy atom. The number of halogens is 1. The number of hydrogen-bond acceptors (Lipinski definition) is 7. The lowest BCUT2D eigenvalue weighted by molar-refractivity contribution is -0.0309. The van der Waals surface area contributed by atoms with Crippen LogP contribution in [-0.4, -0.2) is 66.2 Å². The summed E-state index contributed by atoms with van der Waals surface area (Å²) in [5.74, 6) is 0.403. The average Bonchev–Trinajstić information content (AvgIpc) is 3.10. The molecular weight excluding hydrogens is 612 g/mol. The molecule has 3 aliphatic rings. The zero-order valence-electron chi connectivity index (χ0n) is 26.9. The smallest absolute Gasteiger partial charge is 0.264 e. The minimum absolute atomic E-state index is 0.0943. The summed E-state index contributed by atoms with van der Waals surface area (Å²) in [6, 6.07) is 11.4. The molecule has 2 aromatic rings. The van der Waals surface area contributed by atoms with E-state index in [2.05, 4.69) is 41.7 Å². The summed E-state index contributed by atoms with van der Waals surface area (Å²) in [5.41, 5.74) is 3.14. The lowest BCUT2D eigenvalue weighted by Crippen LogP contribution is -2.48. The van der Waals surface area contributed by atoms with Crippen LogP contribution in [0.4, 0.5) is 5.69 Å². The number of nitrogens with zero attached hydrogens (tertiary/aromatic N) is 1. The lowest BCUT2D eigenvalue weighted by atomic mass is 9.69. The fraction of sp³-hybridized carbons (Fsp3) is 0.571. The van der Waals surface area contributed by atoms with Crippen LogP contribution in [0.15, 0.2) is 48.6 Å². The lowest BCUT2D eigenvalue weighted by Gasteiger charge is -2.45. The van der Waals surface area contributed by atoms with Crippen molar-refractivity contribution < 1.29 is 27.4 Å². The van der Waals surface area contributed by atoms with Gasteiger partial charge >= 0.3 is 0 Å². The normalized spacial score (nSPS) is 29.0. The highest BCUT2D eigenvalue weighted by Crippen LogP contribution is 2.44. The van der Waals surface area contributed by atoms with Crippen molar-refractivity contribution >= 4 is 33.2 Å². The second kappa shape index (κ2) is 14.4. The molecule has 10 heteroatoms. The fourth-order valence-corrected chi connectivity index (χ4v) is 8.59. The Morgan fingerprint density at radius 2 is 1.98 bits per heavy atom. The van der Waals surface area contributed by atoms with E-state index in [1.165, 1.54) is 11.1 Å². The predicted octanol–water partition coefficient (Wildman–Crippen LogP) is 6.16. The second-order valence-electron chi connectivity index (χ2n) is 13.3. The van der Waals surface area contributed by atoms with Gasteiger partial charge in [-0.15, -0.1) is 0 Å². The van der Waals surface area contributed by atoms with Crippen molar-refractivity contribution in [3.05, 3.63) is 70.3 Å². The van der Waals surface area contributed by atoms with E-state index < -0.39 is 15.9 Å². The number of hydrogen-bond donors (Lipinski definition) is 1. The van der Waals surface area contributed by atoms with Gasteiger partial charge in [0.25, 0.3) is 5.91 Å². The third-order valence-electron chi connectivity index (χ3n) is 9.45. The van der Waals surface area contributed by atoms with Gasteiger partial charge in [-0.05, 0) is 84.9 Å². The molecule has 0 unspecified atom stereocenters. The van der Waals surface area contributed by atoms with Gasteiger partial charge in [-0.2, -0.15) is 0 Å². The minimum atomic E-state index is -3.84. The van der Waals surface area contributed by atoms with Gasteiger partial charge in [0, 0.05) is 36.2 Å². The van der Waals surface area contributed by atoms with E-state index in [1.54, 1.807) is 25.3 Å². The van der Waals surface area contributed by atoms with Crippen molar-refractivity contribution in [2.45, 2.75) is 64.4 Å².